The molecule has 2 rings (SSSR count). The van der Waals surface area contributed by atoms with Crippen LogP contribution in [-0.4, -0.2) is 13.7 Å². The largest absolute Gasteiger partial charge is 0.491 e. The van der Waals surface area contributed by atoms with Crippen LogP contribution in [0, 0.1) is 13.8 Å². The first kappa shape index (κ1) is 16.5. The number of benzene rings is 2. The minimum absolute atomic E-state index is 0.560. The molecule has 0 heterocycles. The van der Waals surface area contributed by atoms with Crippen molar-refractivity contribution in [3.63, 3.8) is 0 Å². The van der Waals surface area contributed by atoms with Crippen molar-refractivity contribution in [2.75, 3.05) is 19.0 Å². The zero-order valence-electron chi connectivity index (χ0n) is 13.5. The molecule has 0 unspecified atom stereocenters. The molecule has 0 saturated heterocycles. The number of aryl methyl sites for hydroxylation is 2. The Morgan fingerprint density at radius 3 is 2.50 bits per heavy atom. The molecule has 0 saturated carbocycles. The number of hydrogen-bond acceptors (Lipinski definition) is 3. The quantitative estimate of drug-likeness (QED) is 0.814. The lowest BCUT2D eigenvalue weighted by atomic mass is 10.1. The predicted molar refractivity (Wildman–Crippen MR) is 92.4 cm³/mol. The minimum Gasteiger partial charge on any atom is -0.491 e. The van der Waals surface area contributed by atoms with Crippen LogP contribution >= 0.6 is 11.6 Å². The van der Waals surface area contributed by atoms with Gasteiger partial charge in [0, 0.05) is 12.2 Å². The predicted octanol–water partition coefficient (Wildman–Crippen LogP) is 4.98. The molecule has 3 nitrogen and oxygen atoms in total. The normalized spacial score (nSPS) is 10.4. The van der Waals surface area contributed by atoms with Crippen molar-refractivity contribution in [1.29, 1.82) is 0 Å². The fourth-order valence-electron chi connectivity index (χ4n) is 2.24. The topological polar surface area (TPSA) is 30.5 Å². The molecule has 0 aliphatic heterocycles. The zero-order valence-corrected chi connectivity index (χ0v) is 14.3. The molecule has 0 aliphatic carbocycles. The smallest absolute Gasteiger partial charge is 0.179 e. The summed E-state index contributed by atoms with van der Waals surface area (Å²) in [7, 11) is 1.59. The van der Waals surface area contributed by atoms with Crippen molar-refractivity contribution < 1.29 is 9.47 Å². The van der Waals surface area contributed by atoms with Gasteiger partial charge in [0.1, 0.15) is 0 Å². The van der Waals surface area contributed by atoms with E-state index in [9.17, 15) is 0 Å². The Kier molecular flexibility index (Phi) is 5.56. The summed E-state index contributed by atoms with van der Waals surface area (Å²) in [5, 5.41) is 3.97. The van der Waals surface area contributed by atoms with Gasteiger partial charge in [0.25, 0.3) is 0 Å². The van der Waals surface area contributed by atoms with Crippen LogP contribution in [0.5, 0.6) is 11.5 Å². The second-order valence-electron chi connectivity index (χ2n) is 5.19. The number of rotatable bonds is 6. The van der Waals surface area contributed by atoms with E-state index in [1.807, 2.05) is 19.1 Å². The first-order valence-electron chi connectivity index (χ1n) is 7.35. The first-order chi connectivity index (χ1) is 10.5. The molecule has 0 spiro atoms. The van der Waals surface area contributed by atoms with E-state index in [0.29, 0.717) is 29.7 Å². The molecular formula is C18H22ClNO2. The molecule has 0 atom stereocenters. The van der Waals surface area contributed by atoms with Crippen molar-refractivity contribution in [3.8, 4) is 11.5 Å². The van der Waals surface area contributed by atoms with Gasteiger partial charge in [-0.15, -0.1) is 0 Å². The van der Waals surface area contributed by atoms with Gasteiger partial charge in [0.05, 0.1) is 18.7 Å². The van der Waals surface area contributed by atoms with E-state index in [4.69, 9.17) is 21.1 Å². The molecule has 0 aliphatic rings. The third kappa shape index (κ3) is 3.86. The number of nitrogens with one attached hydrogen (secondary N) is 1. The Hall–Kier alpha value is -1.87. The van der Waals surface area contributed by atoms with E-state index in [0.717, 1.165) is 11.3 Å². The second-order valence-corrected chi connectivity index (χ2v) is 5.60. The average Bonchev–Trinajstić information content (AvgIpc) is 2.49. The van der Waals surface area contributed by atoms with Gasteiger partial charge in [-0.25, -0.2) is 0 Å². The molecule has 0 aromatic heterocycles. The molecule has 22 heavy (non-hydrogen) atoms. The van der Waals surface area contributed by atoms with Crippen LogP contribution in [0.4, 0.5) is 5.69 Å². The molecule has 1 N–H and O–H groups in total. The first-order valence-corrected chi connectivity index (χ1v) is 7.73. The highest BCUT2D eigenvalue weighted by atomic mass is 35.5. The lowest BCUT2D eigenvalue weighted by Gasteiger charge is -2.14. The summed E-state index contributed by atoms with van der Waals surface area (Å²) in [5.74, 6) is 1.26. The van der Waals surface area contributed by atoms with Gasteiger partial charge in [-0.2, -0.15) is 0 Å². The molecule has 0 amide bonds. The molecule has 118 valence electrons. The maximum Gasteiger partial charge on any atom is 0.179 e. The summed E-state index contributed by atoms with van der Waals surface area (Å²) in [6, 6.07) is 10.2. The van der Waals surface area contributed by atoms with Crippen molar-refractivity contribution >= 4 is 17.3 Å². The minimum atomic E-state index is 0.560. The number of methoxy groups -OCH3 is 1. The van der Waals surface area contributed by atoms with Gasteiger partial charge in [-0.05, 0) is 61.7 Å². The molecule has 2 aromatic carbocycles. The van der Waals surface area contributed by atoms with Crippen LogP contribution in [0.2, 0.25) is 5.02 Å². The fourth-order valence-corrected chi connectivity index (χ4v) is 2.55. The van der Waals surface area contributed by atoms with Crippen molar-refractivity contribution in [2.45, 2.75) is 27.3 Å². The van der Waals surface area contributed by atoms with Crippen molar-refractivity contribution in [1.82, 2.24) is 0 Å². The van der Waals surface area contributed by atoms with Crippen molar-refractivity contribution in [3.05, 3.63) is 52.0 Å². The average molecular weight is 320 g/mol. The second kappa shape index (κ2) is 7.41. The van der Waals surface area contributed by atoms with Gasteiger partial charge < -0.3 is 14.8 Å². The van der Waals surface area contributed by atoms with E-state index in [2.05, 4.69) is 37.4 Å². The fraction of sp³-hybridized carbons (Fsp3) is 0.333. The lowest BCUT2D eigenvalue weighted by Crippen LogP contribution is -2.02. The zero-order chi connectivity index (χ0) is 16.1. The van der Waals surface area contributed by atoms with Crippen LogP contribution in [-0.2, 0) is 6.54 Å². The Morgan fingerprint density at radius 2 is 1.86 bits per heavy atom. The highest BCUT2D eigenvalue weighted by Crippen LogP contribution is 2.36. The Balaban J connectivity index is 2.17. The van der Waals surface area contributed by atoms with E-state index in [1.165, 1.54) is 11.1 Å². The molecule has 0 fully saturated rings. The van der Waals surface area contributed by atoms with Crippen LogP contribution in [0.1, 0.15) is 23.6 Å². The van der Waals surface area contributed by atoms with Gasteiger partial charge >= 0.3 is 0 Å². The van der Waals surface area contributed by atoms with Crippen LogP contribution in [0.3, 0.4) is 0 Å². The highest BCUT2D eigenvalue weighted by molar-refractivity contribution is 6.32. The number of anilines is 1. The third-order valence-corrected chi connectivity index (χ3v) is 3.86. The standard InChI is InChI=1S/C18H22ClNO2/c1-5-22-17-10-14(9-16(19)18(17)21-4)11-20-15-7-6-12(2)13(3)8-15/h6-10,20H,5,11H2,1-4H3. The summed E-state index contributed by atoms with van der Waals surface area (Å²) in [4.78, 5) is 0. The van der Waals surface area contributed by atoms with Gasteiger partial charge in [0.2, 0.25) is 0 Å². The molecular weight excluding hydrogens is 298 g/mol. The molecule has 0 bridgehead atoms. The van der Waals surface area contributed by atoms with Crippen LogP contribution in [0.25, 0.3) is 0 Å². The van der Waals surface area contributed by atoms with E-state index >= 15 is 0 Å². The maximum absolute atomic E-state index is 6.27. The van der Waals surface area contributed by atoms with Gasteiger partial charge in [-0.1, -0.05) is 17.7 Å². The van der Waals surface area contributed by atoms with Gasteiger partial charge in [-0.3, -0.25) is 0 Å². The van der Waals surface area contributed by atoms with Crippen molar-refractivity contribution in [2.24, 2.45) is 0 Å². The summed E-state index contributed by atoms with van der Waals surface area (Å²) >= 11 is 6.27. The summed E-state index contributed by atoms with van der Waals surface area (Å²) in [5.41, 5.74) is 4.70. The molecule has 0 radical (unpaired) electrons. The maximum atomic E-state index is 6.27. The molecule has 4 heteroatoms. The number of hydrogen-bond donors (Lipinski definition) is 1. The Bertz CT molecular complexity index is 656. The van der Waals surface area contributed by atoms with E-state index < -0.39 is 0 Å². The van der Waals surface area contributed by atoms with Crippen LogP contribution in [0.15, 0.2) is 30.3 Å². The summed E-state index contributed by atoms with van der Waals surface area (Å²) in [6.45, 7) is 7.40. The number of halogens is 1. The number of ether oxygens (including phenoxy) is 2. The Morgan fingerprint density at radius 1 is 1.09 bits per heavy atom. The highest BCUT2D eigenvalue weighted by Gasteiger charge is 2.11. The van der Waals surface area contributed by atoms with E-state index in [-0.39, 0.29) is 0 Å². The van der Waals surface area contributed by atoms with Crippen LogP contribution < -0.4 is 14.8 Å². The van der Waals surface area contributed by atoms with Gasteiger partial charge in [0.15, 0.2) is 11.5 Å². The summed E-state index contributed by atoms with van der Waals surface area (Å²) in [6.07, 6.45) is 0. The lowest BCUT2D eigenvalue weighted by molar-refractivity contribution is 0.310. The molecule has 2 aromatic rings. The van der Waals surface area contributed by atoms with E-state index in [1.54, 1.807) is 7.11 Å². The SMILES string of the molecule is CCOc1cc(CNc2ccc(C)c(C)c2)cc(Cl)c1OC. The Labute approximate surface area is 137 Å². The summed E-state index contributed by atoms with van der Waals surface area (Å²) < 4.78 is 10.9. The monoisotopic (exact) mass is 319 g/mol. The third-order valence-electron chi connectivity index (χ3n) is 3.58.